The lowest BCUT2D eigenvalue weighted by atomic mass is 10.2. The van der Waals surface area contributed by atoms with Gasteiger partial charge in [0.05, 0.1) is 16.7 Å². The third-order valence-electron chi connectivity index (χ3n) is 2.31. The molecule has 1 unspecified atom stereocenters. The Hall–Kier alpha value is -1.55. The molecule has 0 bridgehead atoms. The zero-order valence-corrected chi connectivity index (χ0v) is 10.1. The van der Waals surface area contributed by atoms with Gasteiger partial charge in [-0.25, -0.2) is 4.98 Å². The van der Waals surface area contributed by atoms with E-state index in [1.54, 1.807) is 23.5 Å². The summed E-state index contributed by atoms with van der Waals surface area (Å²) in [5.74, 6) is 0.270. The van der Waals surface area contributed by atoms with E-state index in [0.29, 0.717) is 0 Å². The molecule has 84 valence electrons. The van der Waals surface area contributed by atoms with Crippen LogP contribution in [-0.2, 0) is 0 Å². The molecule has 0 saturated heterocycles. The highest BCUT2D eigenvalue weighted by molar-refractivity contribution is 7.09. The van der Waals surface area contributed by atoms with Gasteiger partial charge in [-0.05, 0) is 26.0 Å². The largest absolute Gasteiger partial charge is 0.508 e. The molecule has 1 aromatic heterocycles. The number of aromatic nitrogens is 1. The van der Waals surface area contributed by atoms with E-state index in [1.165, 1.54) is 0 Å². The molecule has 1 heterocycles. The van der Waals surface area contributed by atoms with Crippen LogP contribution in [0.5, 0.6) is 5.75 Å². The van der Waals surface area contributed by atoms with Crippen LogP contribution in [-0.4, -0.2) is 10.1 Å². The molecule has 4 heteroatoms. The van der Waals surface area contributed by atoms with Crippen molar-refractivity contribution in [1.29, 1.82) is 0 Å². The molecule has 0 aliphatic carbocycles. The lowest BCUT2D eigenvalue weighted by Gasteiger charge is -2.13. The van der Waals surface area contributed by atoms with Gasteiger partial charge in [0.25, 0.3) is 0 Å². The molecule has 3 nitrogen and oxygen atoms in total. The summed E-state index contributed by atoms with van der Waals surface area (Å²) < 4.78 is 0. The average molecular weight is 234 g/mol. The van der Waals surface area contributed by atoms with Crippen molar-refractivity contribution in [1.82, 2.24) is 4.98 Å². The number of nitrogens with one attached hydrogen (secondary N) is 1. The monoisotopic (exact) mass is 234 g/mol. The first-order valence-electron chi connectivity index (χ1n) is 5.13. The van der Waals surface area contributed by atoms with Crippen LogP contribution in [0.2, 0.25) is 0 Å². The van der Waals surface area contributed by atoms with Gasteiger partial charge >= 0.3 is 0 Å². The maximum Gasteiger partial charge on any atom is 0.117 e. The van der Waals surface area contributed by atoms with Crippen molar-refractivity contribution in [2.75, 3.05) is 5.32 Å². The molecule has 0 aliphatic heterocycles. The normalized spacial score (nSPS) is 12.4. The average Bonchev–Trinajstić information content (AvgIpc) is 2.65. The van der Waals surface area contributed by atoms with Crippen molar-refractivity contribution in [3.8, 4) is 5.75 Å². The molecule has 0 fully saturated rings. The fourth-order valence-corrected chi connectivity index (χ4v) is 2.20. The molecular formula is C12H14N2OS. The summed E-state index contributed by atoms with van der Waals surface area (Å²) in [6.45, 7) is 4.05. The molecule has 16 heavy (non-hydrogen) atoms. The summed E-state index contributed by atoms with van der Waals surface area (Å²) >= 11 is 1.65. The van der Waals surface area contributed by atoms with Gasteiger partial charge in [0.1, 0.15) is 5.75 Å². The van der Waals surface area contributed by atoms with Gasteiger partial charge in [-0.2, -0.15) is 0 Å². The minimum atomic E-state index is 0.145. The number of hydrogen-bond acceptors (Lipinski definition) is 4. The zero-order chi connectivity index (χ0) is 11.5. The summed E-state index contributed by atoms with van der Waals surface area (Å²) in [6.07, 6.45) is 0. The third-order valence-corrected chi connectivity index (χ3v) is 3.10. The Bertz CT molecular complexity index is 481. The molecule has 0 saturated carbocycles. The predicted molar refractivity (Wildman–Crippen MR) is 67.0 cm³/mol. The first-order valence-corrected chi connectivity index (χ1v) is 6.01. The predicted octanol–water partition coefficient (Wildman–Crippen LogP) is 3.33. The molecule has 1 aromatic carbocycles. The third kappa shape index (κ3) is 2.52. The Labute approximate surface area is 98.8 Å². The van der Waals surface area contributed by atoms with Crippen molar-refractivity contribution in [3.63, 3.8) is 0 Å². The fraction of sp³-hybridized carbons (Fsp3) is 0.250. The number of rotatable bonds is 3. The number of nitrogens with zero attached hydrogens (tertiary/aromatic N) is 1. The number of aryl methyl sites for hydroxylation is 1. The lowest BCUT2D eigenvalue weighted by Crippen LogP contribution is -2.06. The Kier molecular flexibility index (Phi) is 3.10. The van der Waals surface area contributed by atoms with Crippen molar-refractivity contribution in [2.45, 2.75) is 19.9 Å². The summed E-state index contributed by atoms with van der Waals surface area (Å²) in [6, 6.07) is 7.25. The minimum Gasteiger partial charge on any atom is -0.508 e. The van der Waals surface area contributed by atoms with E-state index in [9.17, 15) is 5.11 Å². The van der Waals surface area contributed by atoms with Crippen molar-refractivity contribution < 1.29 is 5.11 Å². The first-order chi connectivity index (χ1) is 7.65. The van der Waals surface area contributed by atoms with E-state index in [4.69, 9.17) is 0 Å². The molecular weight excluding hydrogens is 220 g/mol. The zero-order valence-electron chi connectivity index (χ0n) is 9.27. The summed E-state index contributed by atoms with van der Waals surface area (Å²) in [4.78, 5) is 4.42. The van der Waals surface area contributed by atoms with Gasteiger partial charge in [-0.3, -0.25) is 0 Å². The molecule has 2 N–H and O–H groups in total. The van der Waals surface area contributed by atoms with E-state index in [1.807, 2.05) is 19.1 Å². The first kappa shape index (κ1) is 11.0. The summed E-state index contributed by atoms with van der Waals surface area (Å²) in [7, 11) is 0. The van der Waals surface area contributed by atoms with Crippen LogP contribution >= 0.6 is 11.3 Å². The molecule has 1 atom stereocenters. The molecule has 0 aliphatic rings. The van der Waals surface area contributed by atoms with Gasteiger partial charge in [-0.1, -0.05) is 6.07 Å². The highest BCUT2D eigenvalue weighted by atomic mass is 32.1. The second-order valence-electron chi connectivity index (χ2n) is 3.71. The minimum absolute atomic E-state index is 0.145. The van der Waals surface area contributed by atoms with Crippen LogP contribution in [0.4, 0.5) is 5.69 Å². The highest BCUT2D eigenvalue weighted by Gasteiger charge is 2.08. The Balaban J connectivity index is 2.10. The Morgan fingerprint density at radius 2 is 2.25 bits per heavy atom. The smallest absolute Gasteiger partial charge is 0.117 e. The number of anilines is 1. The molecule has 0 radical (unpaired) electrons. The SMILES string of the molecule is Cc1nc(C(C)Nc2cccc(O)c2)cs1. The van der Waals surface area contributed by atoms with Crippen LogP contribution < -0.4 is 5.32 Å². The van der Waals surface area contributed by atoms with Crippen LogP contribution in [0.15, 0.2) is 29.6 Å². The highest BCUT2D eigenvalue weighted by Crippen LogP contribution is 2.22. The molecule has 2 rings (SSSR count). The van der Waals surface area contributed by atoms with Gasteiger partial charge < -0.3 is 10.4 Å². The number of phenolic OH excluding ortho intramolecular Hbond substituents is 1. The Morgan fingerprint density at radius 1 is 1.44 bits per heavy atom. The fourth-order valence-electron chi connectivity index (χ4n) is 1.50. The van der Waals surface area contributed by atoms with Crippen molar-refractivity contribution in [2.24, 2.45) is 0 Å². The van der Waals surface area contributed by atoms with E-state index in [0.717, 1.165) is 16.4 Å². The number of phenols is 1. The molecule has 0 amide bonds. The second kappa shape index (κ2) is 4.53. The van der Waals surface area contributed by atoms with Crippen LogP contribution in [0, 0.1) is 6.92 Å². The standard InChI is InChI=1S/C12H14N2OS/c1-8(12-7-16-9(2)14-12)13-10-4-3-5-11(15)6-10/h3-8,13,15H,1-2H3. The number of hydrogen-bond donors (Lipinski definition) is 2. The van der Waals surface area contributed by atoms with Gasteiger partial charge in [0, 0.05) is 17.1 Å². The number of benzene rings is 1. The molecule has 0 spiro atoms. The van der Waals surface area contributed by atoms with Crippen LogP contribution in [0.3, 0.4) is 0 Å². The topological polar surface area (TPSA) is 45.2 Å². The maximum absolute atomic E-state index is 9.35. The van der Waals surface area contributed by atoms with Gasteiger partial charge in [0.2, 0.25) is 0 Å². The Morgan fingerprint density at radius 3 is 2.88 bits per heavy atom. The lowest BCUT2D eigenvalue weighted by molar-refractivity contribution is 0.475. The van der Waals surface area contributed by atoms with E-state index in [-0.39, 0.29) is 11.8 Å². The van der Waals surface area contributed by atoms with Crippen molar-refractivity contribution in [3.05, 3.63) is 40.3 Å². The van der Waals surface area contributed by atoms with Gasteiger partial charge in [-0.15, -0.1) is 11.3 Å². The van der Waals surface area contributed by atoms with Crippen LogP contribution in [0.1, 0.15) is 23.7 Å². The van der Waals surface area contributed by atoms with E-state index in [2.05, 4.69) is 22.6 Å². The summed E-state index contributed by atoms with van der Waals surface area (Å²) in [5.41, 5.74) is 1.93. The maximum atomic E-state index is 9.35. The van der Waals surface area contributed by atoms with E-state index >= 15 is 0 Å². The van der Waals surface area contributed by atoms with Crippen LogP contribution in [0.25, 0.3) is 0 Å². The quantitative estimate of drug-likeness (QED) is 0.856. The second-order valence-corrected chi connectivity index (χ2v) is 4.77. The number of thiazole rings is 1. The van der Waals surface area contributed by atoms with Crippen molar-refractivity contribution >= 4 is 17.0 Å². The number of aromatic hydroxyl groups is 1. The van der Waals surface area contributed by atoms with Gasteiger partial charge in [0.15, 0.2) is 0 Å². The molecule has 2 aromatic rings. The van der Waals surface area contributed by atoms with E-state index < -0.39 is 0 Å². The summed E-state index contributed by atoms with van der Waals surface area (Å²) in [5, 5.41) is 15.8.